The third-order valence-corrected chi connectivity index (χ3v) is 2.53. The van der Waals surface area contributed by atoms with Crippen LogP contribution in [0.4, 0.5) is 0 Å². The minimum absolute atomic E-state index is 0. The predicted octanol–water partition coefficient (Wildman–Crippen LogP) is -3.60. The Morgan fingerprint density at radius 3 is 2.46 bits per heavy atom. The van der Waals surface area contributed by atoms with E-state index in [0.29, 0.717) is 0 Å². The largest absolute Gasteiger partial charge is 1.00 e. The molecule has 0 aliphatic rings. The van der Waals surface area contributed by atoms with Gasteiger partial charge in [-0.1, -0.05) is 6.08 Å². The monoisotopic (exact) mass is 236 g/mol. The first-order valence-electron chi connectivity index (χ1n) is 3.02. The van der Waals surface area contributed by atoms with E-state index >= 15 is 0 Å². The van der Waals surface area contributed by atoms with Gasteiger partial charge >= 0.3 is 29.6 Å². The van der Waals surface area contributed by atoms with Gasteiger partial charge in [0.2, 0.25) is 10.4 Å². The first-order chi connectivity index (χ1) is 5.45. The molecule has 0 aromatic carbocycles. The van der Waals surface area contributed by atoms with Crippen LogP contribution in [0.15, 0.2) is 12.7 Å². The molecular weight excluding hydrogens is 227 g/mol. The minimum atomic E-state index is -4.65. The van der Waals surface area contributed by atoms with Gasteiger partial charge in [0.25, 0.3) is 0 Å². The van der Waals surface area contributed by atoms with Crippen LogP contribution in [0.3, 0.4) is 0 Å². The van der Waals surface area contributed by atoms with Gasteiger partial charge in [-0.2, -0.15) is 0 Å². The Bertz CT molecular complexity index is 260. The van der Waals surface area contributed by atoms with Crippen molar-refractivity contribution in [3.8, 4) is 0 Å². The van der Waals surface area contributed by atoms with E-state index in [1.807, 2.05) is 0 Å². The maximum absolute atomic E-state index is 10.8. The molecule has 0 amide bonds. The molecule has 0 rings (SSSR count). The van der Waals surface area contributed by atoms with Gasteiger partial charge in [0.1, 0.15) is 0 Å². The Labute approximate surface area is 102 Å². The van der Waals surface area contributed by atoms with E-state index < -0.39 is 21.2 Å². The van der Waals surface area contributed by atoms with E-state index in [9.17, 15) is 17.2 Å². The summed E-state index contributed by atoms with van der Waals surface area (Å²) in [5.41, 5.74) is 0. The van der Waals surface area contributed by atoms with Gasteiger partial charge in [-0.05, 0) is 0 Å². The zero-order chi connectivity index (χ0) is 9.61. The first-order valence-corrected chi connectivity index (χ1v) is 5.84. The van der Waals surface area contributed by atoms with Gasteiger partial charge in [0, 0.05) is 22.3 Å². The Hall–Kier alpha value is 0.760. The Balaban J connectivity index is 0. The molecule has 8 heteroatoms. The fourth-order valence-electron chi connectivity index (χ4n) is 0.444. The van der Waals surface area contributed by atoms with Crippen LogP contribution in [0.1, 0.15) is 0 Å². The van der Waals surface area contributed by atoms with Crippen LogP contribution >= 0.6 is 0 Å². The molecule has 0 aromatic rings. The van der Waals surface area contributed by atoms with Crippen molar-refractivity contribution in [2.75, 3.05) is 18.1 Å². The molecule has 0 aromatic heterocycles. The Morgan fingerprint density at radius 1 is 1.54 bits per heavy atom. The average molecular weight is 236 g/mol. The molecule has 0 bridgehead atoms. The van der Waals surface area contributed by atoms with Crippen LogP contribution in [-0.2, 0) is 25.4 Å². The summed E-state index contributed by atoms with van der Waals surface area (Å²) < 4.78 is 44.2. The second-order valence-electron chi connectivity index (χ2n) is 1.83. The van der Waals surface area contributed by atoms with E-state index in [0.717, 1.165) is 0 Å². The molecule has 1 unspecified atom stereocenters. The SMILES string of the molecule is C=CCS(=O)CCOS(=O)(=O)[O-].[Na+]. The third kappa shape index (κ3) is 12.8. The topological polar surface area (TPSA) is 83.5 Å². The normalized spacial score (nSPS) is 13.0. The van der Waals surface area contributed by atoms with Crippen molar-refractivity contribution in [1.82, 2.24) is 0 Å². The maximum Gasteiger partial charge on any atom is 1.00 e. The molecule has 0 fully saturated rings. The van der Waals surface area contributed by atoms with E-state index in [1.165, 1.54) is 6.08 Å². The van der Waals surface area contributed by atoms with Crippen LogP contribution in [-0.4, -0.2) is 35.3 Å². The number of rotatable bonds is 6. The van der Waals surface area contributed by atoms with Crippen LogP contribution in [0.5, 0.6) is 0 Å². The average Bonchev–Trinajstić information content (AvgIpc) is 1.84. The number of hydrogen-bond acceptors (Lipinski definition) is 5. The van der Waals surface area contributed by atoms with Crippen LogP contribution < -0.4 is 29.6 Å². The molecule has 0 N–H and O–H groups in total. The molecule has 1 atom stereocenters. The summed E-state index contributed by atoms with van der Waals surface area (Å²) in [5.74, 6) is 0.287. The second kappa shape index (κ2) is 8.10. The summed E-state index contributed by atoms with van der Waals surface area (Å²) in [7, 11) is -5.85. The molecule has 0 saturated carbocycles. The van der Waals surface area contributed by atoms with Gasteiger partial charge in [-0.3, -0.25) is 8.39 Å². The third-order valence-electron chi connectivity index (χ3n) is 0.842. The van der Waals surface area contributed by atoms with Gasteiger partial charge in [-0.15, -0.1) is 6.58 Å². The minimum Gasteiger partial charge on any atom is -0.726 e. The summed E-state index contributed by atoms with van der Waals surface area (Å²) >= 11 is 0. The smallest absolute Gasteiger partial charge is 0.726 e. The first kappa shape index (κ1) is 16.2. The van der Waals surface area contributed by atoms with Crippen molar-refractivity contribution in [2.24, 2.45) is 0 Å². The zero-order valence-electron chi connectivity index (χ0n) is 7.26. The summed E-state index contributed by atoms with van der Waals surface area (Å²) in [5, 5.41) is 0. The fraction of sp³-hybridized carbons (Fsp3) is 0.600. The zero-order valence-corrected chi connectivity index (χ0v) is 10.9. The van der Waals surface area contributed by atoms with Crippen LogP contribution in [0.2, 0.25) is 0 Å². The molecule has 13 heavy (non-hydrogen) atoms. The summed E-state index contributed by atoms with van der Waals surface area (Å²) in [6.07, 6.45) is 1.45. The van der Waals surface area contributed by atoms with Gasteiger partial charge in [0.15, 0.2) is 0 Å². The molecule has 0 spiro atoms. The molecule has 0 heterocycles. The van der Waals surface area contributed by atoms with Crippen molar-refractivity contribution in [3.05, 3.63) is 12.7 Å². The Kier molecular flexibility index (Phi) is 10.1. The van der Waals surface area contributed by atoms with Crippen molar-refractivity contribution < 1.29 is 50.9 Å². The van der Waals surface area contributed by atoms with Gasteiger partial charge in [0.05, 0.1) is 6.61 Å². The van der Waals surface area contributed by atoms with E-state index in [4.69, 9.17) is 0 Å². The van der Waals surface area contributed by atoms with E-state index in [-0.39, 0.29) is 47.7 Å². The number of hydrogen-bond donors (Lipinski definition) is 0. The second-order valence-corrected chi connectivity index (χ2v) is 4.50. The molecule has 0 saturated heterocycles. The Morgan fingerprint density at radius 2 is 2.08 bits per heavy atom. The maximum atomic E-state index is 10.8. The molecular formula is C5H9NaO5S2. The van der Waals surface area contributed by atoms with Crippen molar-refractivity contribution in [3.63, 3.8) is 0 Å². The quantitative estimate of drug-likeness (QED) is 0.206. The van der Waals surface area contributed by atoms with Crippen molar-refractivity contribution in [1.29, 1.82) is 0 Å². The standard InChI is InChI=1S/C5H10O5S2.Na/c1-2-4-11(6)5-3-10-12(7,8)9;/h2H,1,3-5H2,(H,7,8,9);/q;+1/p-1. The summed E-state index contributed by atoms with van der Waals surface area (Å²) in [6.45, 7) is 3.00. The van der Waals surface area contributed by atoms with Gasteiger partial charge < -0.3 is 4.55 Å². The summed E-state index contributed by atoms with van der Waals surface area (Å²) in [4.78, 5) is 0. The predicted molar refractivity (Wildman–Crippen MR) is 43.7 cm³/mol. The fourth-order valence-corrected chi connectivity index (χ4v) is 1.54. The molecule has 72 valence electrons. The molecule has 0 radical (unpaired) electrons. The van der Waals surface area contributed by atoms with Gasteiger partial charge in [-0.25, -0.2) is 8.42 Å². The molecule has 5 nitrogen and oxygen atoms in total. The summed E-state index contributed by atoms with van der Waals surface area (Å²) in [6, 6.07) is 0. The van der Waals surface area contributed by atoms with Crippen molar-refractivity contribution >= 4 is 21.2 Å². The van der Waals surface area contributed by atoms with Crippen LogP contribution in [0.25, 0.3) is 0 Å². The van der Waals surface area contributed by atoms with Crippen molar-refractivity contribution in [2.45, 2.75) is 0 Å². The molecule has 0 aliphatic carbocycles. The van der Waals surface area contributed by atoms with E-state index in [2.05, 4.69) is 10.8 Å². The molecule has 0 aliphatic heterocycles. The van der Waals surface area contributed by atoms with Crippen LogP contribution in [0, 0.1) is 0 Å². The van der Waals surface area contributed by atoms with E-state index in [1.54, 1.807) is 0 Å².